The lowest BCUT2D eigenvalue weighted by Gasteiger charge is -2.00. The Morgan fingerprint density at radius 3 is 1.59 bits per heavy atom. The summed E-state index contributed by atoms with van der Waals surface area (Å²) in [5.41, 5.74) is 0. The molecule has 0 rings (SSSR count). The Hall–Kier alpha value is -1.64. The molecule has 166 valence electrons. The van der Waals surface area contributed by atoms with Crippen LogP contribution in [0.3, 0.4) is 0 Å². The number of allylic oxidation sites excluding steroid dienone is 5. The zero-order chi connectivity index (χ0) is 21.4. The monoisotopic (exact) mass is 404 g/mol. The second-order valence-electron chi connectivity index (χ2n) is 7.62. The van der Waals surface area contributed by atoms with Gasteiger partial charge < -0.3 is 4.74 Å². The van der Waals surface area contributed by atoms with Crippen molar-refractivity contribution in [2.45, 2.75) is 110 Å². The predicted molar refractivity (Wildman–Crippen MR) is 124 cm³/mol. The molecule has 0 aliphatic carbocycles. The van der Waals surface area contributed by atoms with Crippen molar-refractivity contribution in [3.8, 4) is 0 Å². The molecule has 0 amide bonds. The van der Waals surface area contributed by atoms with Crippen LogP contribution in [0.1, 0.15) is 110 Å². The Balaban J connectivity index is 3.36. The van der Waals surface area contributed by atoms with Gasteiger partial charge in [0.1, 0.15) is 0 Å². The van der Waals surface area contributed by atoms with Gasteiger partial charge >= 0.3 is 5.97 Å². The number of carbonyl (C=O) groups excluding carboxylic acids is 2. The van der Waals surface area contributed by atoms with Crippen molar-refractivity contribution in [3.05, 3.63) is 36.5 Å². The van der Waals surface area contributed by atoms with E-state index in [0.29, 0.717) is 6.61 Å². The summed E-state index contributed by atoms with van der Waals surface area (Å²) in [6.45, 7) is 4.32. The highest BCUT2D eigenvalue weighted by atomic mass is 16.5. The van der Waals surface area contributed by atoms with E-state index >= 15 is 0 Å². The Morgan fingerprint density at radius 1 is 0.586 bits per heavy atom. The zero-order valence-corrected chi connectivity index (χ0v) is 19.0. The molecule has 0 aromatic rings. The van der Waals surface area contributed by atoms with Gasteiger partial charge in [0, 0.05) is 6.08 Å². The molecule has 0 radical (unpaired) electrons. The molecular weight excluding hydrogens is 360 g/mol. The van der Waals surface area contributed by atoms with Gasteiger partial charge in [-0.15, -0.1) is 0 Å². The van der Waals surface area contributed by atoms with Gasteiger partial charge in [0.25, 0.3) is 0 Å². The second-order valence-corrected chi connectivity index (χ2v) is 7.62. The van der Waals surface area contributed by atoms with Gasteiger partial charge in [-0.2, -0.15) is 0 Å². The summed E-state index contributed by atoms with van der Waals surface area (Å²) in [5, 5.41) is 0. The third kappa shape index (κ3) is 22.5. The maximum Gasteiger partial charge on any atom is 0.330 e. The summed E-state index contributed by atoms with van der Waals surface area (Å²) in [5.74, 6) is -0.633. The number of hydrogen-bond donors (Lipinski definition) is 0. The highest BCUT2D eigenvalue weighted by Gasteiger charge is 1.96. The first-order valence-electron chi connectivity index (χ1n) is 11.9. The fraction of sp³-hybridized carbons (Fsp3) is 0.692. The van der Waals surface area contributed by atoms with Crippen LogP contribution in [-0.2, 0) is 14.3 Å². The van der Waals surface area contributed by atoms with Crippen molar-refractivity contribution in [2.24, 2.45) is 0 Å². The van der Waals surface area contributed by atoms with E-state index < -0.39 is 5.97 Å². The van der Waals surface area contributed by atoms with Crippen LogP contribution in [-0.4, -0.2) is 18.4 Å². The fourth-order valence-electron chi connectivity index (χ4n) is 3.11. The molecule has 0 spiro atoms. The van der Waals surface area contributed by atoms with Crippen molar-refractivity contribution in [1.82, 2.24) is 0 Å². The third-order valence-electron chi connectivity index (χ3n) is 4.83. The Labute approximate surface area is 179 Å². The Kier molecular flexibility index (Phi) is 21.4. The van der Waals surface area contributed by atoms with Crippen LogP contribution in [0.15, 0.2) is 36.5 Å². The summed E-state index contributed by atoms with van der Waals surface area (Å²) in [4.78, 5) is 22.6. The van der Waals surface area contributed by atoms with E-state index in [2.05, 4.69) is 19.1 Å². The molecule has 3 nitrogen and oxygen atoms in total. The van der Waals surface area contributed by atoms with Crippen LogP contribution in [0.2, 0.25) is 0 Å². The van der Waals surface area contributed by atoms with Gasteiger partial charge in [-0.25, -0.2) is 4.79 Å². The summed E-state index contributed by atoms with van der Waals surface area (Å²) in [7, 11) is 0. The van der Waals surface area contributed by atoms with Crippen LogP contribution in [0.5, 0.6) is 0 Å². The highest BCUT2D eigenvalue weighted by molar-refractivity contribution is 6.02. The minimum Gasteiger partial charge on any atom is -0.463 e. The van der Waals surface area contributed by atoms with Crippen LogP contribution in [0.4, 0.5) is 0 Å². The molecule has 3 heteroatoms. The minimum absolute atomic E-state index is 0.163. The normalized spacial score (nSPS) is 11.8. The van der Waals surface area contributed by atoms with E-state index in [1.54, 1.807) is 6.92 Å². The van der Waals surface area contributed by atoms with Crippen LogP contribution < -0.4 is 0 Å². The van der Waals surface area contributed by atoms with Gasteiger partial charge in [-0.1, -0.05) is 82.9 Å². The van der Waals surface area contributed by atoms with Gasteiger partial charge in [0.05, 0.1) is 6.61 Å². The number of rotatable bonds is 20. The molecule has 0 N–H and O–H groups in total. The SMILES string of the molecule is CCCCCCC/C=C\CCCCCCCCC/C=C/C(=O)/C=C/C(=O)OCC. The lowest BCUT2D eigenvalue weighted by Crippen LogP contribution is -2.00. The van der Waals surface area contributed by atoms with Gasteiger partial charge in [0.2, 0.25) is 0 Å². The number of unbranched alkanes of at least 4 members (excludes halogenated alkanes) is 13. The molecule has 0 aromatic heterocycles. The van der Waals surface area contributed by atoms with Crippen molar-refractivity contribution >= 4 is 11.8 Å². The van der Waals surface area contributed by atoms with Crippen LogP contribution in [0.25, 0.3) is 0 Å². The Morgan fingerprint density at radius 2 is 1.07 bits per heavy atom. The van der Waals surface area contributed by atoms with E-state index in [0.717, 1.165) is 12.8 Å². The first kappa shape index (κ1) is 27.4. The zero-order valence-electron chi connectivity index (χ0n) is 19.0. The molecule has 0 aliphatic rings. The average molecular weight is 405 g/mol. The maximum absolute atomic E-state index is 11.5. The number of ether oxygens (including phenoxy) is 1. The third-order valence-corrected chi connectivity index (χ3v) is 4.83. The molecule has 0 saturated carbocycles. The number of ketones is 1. The summed E-state index contributed by atoms with van der Waals surface area (Å²) in [6.07, 6.45) is 29.8. The molecule has 0 unspecified atom stereocenters. The molecule has 0 heterocycles. The van der Waals surface area contributed by atoms with Gasteiger partial charge in [0.15, 0.2) is 5.78 Å². The van der Waals surface area contributed by atoms with Crippen molar-refractivity contribution in [3.63, 3.8) is 0 Å². The lowest BCUT2D eigenvalue weighted by molar-refractivity contribution is -0.137. The molecular formula is C26H44O3. The lowest BCUT2D eigenvalue weighted by atomic mass is 10.1. The predicted octanol–water partition coefficient (Wildman–Crippen LogP) is 7.66. The van der Waals surface area contributed by atoms with E-state index in [1.807, 2.05) is 6.08 Å². The van der Waals surface area contributed by atoms with Gasteiger partial charge in [-0.3, -0.25) is 4.79 Å². The average Bonchev–Trinajstić information content (AvgIpc) is 2.71. The largest absolute Gasteiger partial charge is 0.463 e. The molecule has 0 aliphatic heterocycles. The standard InChI is InChI=1S/C26H44O3/c1-3-5-6-7-8-9-10-11-12-13-14-15-16-17-18-19-20-21-22-25(27)23-24-26(28)29-4-2/h10-11,21-24H,3-9,12-20H2,1-2H3/b11-10-,22-21+,24-23+. The van der Waals surface area contributed by atoms with Crippen molar-refractivity contribution in [1.29, 1.82) is 0 Å². The van der Waals surface area contributed by atoms with Gasteiger partial charge in [-0.05, 0) is 57.6 Å². The van der Waals surface area contributed by atoms with E-state index in [4.69, 9.17) is 4.74 Å². The van der Waals surface area contributed by atoms with Crippen LogP contribution in [0, 0.1) is 0 Å². The Bertz CT molecular complexity index is 474. The topological polar surface area (TPSA) is 43.4 Å². The summed E-state index contributed by atoms with van der Waals surface area (Å²) >= 11 is 0. The quantitative estimate of drug-likeness (QED) is 0.0905. The first-order chi connectivity index (χ1) is 14.2. The molecule has 0 bridgehead atoms. The van der Waals surface area contributed by atoms with E-state index in [1.165, 1.54) is 102 Å². The summed E-state index contributed by atoms with van der Waals surface area (Å²) < 4.78 is 4.73. The van der Waals surface area contributed by atoms with Crippen molar-refractivity contribution < 1.29 is 14.3 Å². The molecule has 29 heavy (non-hydrogen) atoms. The molecule has 0 aromatic carbocycles. The van der Waals surface area contributed by atoms with Crippen LogP contribution >= 0.6 is 0 Å². The van der Waals surface area contributed by atoms with E-state index in [9.17, 15) is 9.59 Å². The molecule has 0 atom stereocenters. The van der Waals surface area contributed by atoms with E-state index in [-0.39, 0.29) is 5.78 Å². The maximum atomic E-state index is 11.5. The molecule has 0 saturated heterocycles. The number of carbonyl (C=O) groups is 2. The van der Waals surface area contributed by atoms with Crippen molar-refractivity contribution in [2.75, 3.05) is 6.61 Å². The fourth-order valence-corrected chi connectivity index (χ4v) is 3.11. The summed E-state index contributed by atoms with van der Waals surface area (Å²) in [6, 6.07) is 0. The number of esters is 1. The second kappa shape index (κ2) is 22.6. The molecule has 0 fully saturated rings. The first-order valence-corrected chi connectivity index (χ1v) is 11.9. The minimum atomic E-state index is -0.469. The smallest absolute Gasteiger partial charge is 0.330 e. The highest BCUT2D eigenvalue weighted by Crippen LogP contribution is 2.11. The number of hydrogen-bond acceptors (Lipinski definition) is 3.